The lowest BCUT2D eigenvalue weighted by Gasteiger charge is -2.22. The number of carbonyl (C=O) groups is 1. The van der Waals surface area contributed by atoms with Crippen molar-refractivity contribution in [3.63, 3.8) is 0 Å². The summed E-state index contributed by atoms with van der Waals surface area (Å²) in [4.78, 5) is 14.2. The van der Waals surface area contributed by atoms with E-state index in [9.17, 15) is 4.79 Å². The Morgan fingerprint density at radius 3 is 2.95 bits per heavy atom. The summed E-state index contributed by atoms with van der Waals surface area (Å²) < 4.78 is 5.17. The molecule has 1 saturated heterocycles. The van der Waals surface area contributed by atoms with E-state index in [-0.39, 0.29) is 11.3 Å². The average molecular weight is 262 g/mol. The first kappa shape index (κ1) is 13.9. The SMILES string of the molecule is COc1cccc(CC(=O)N2CCC(C)(CN)C2)c1. The van der Waals surface area contributed by atoms with Gasteiger partial charge >= 0.3 is 0 Å². The normalized spacial score (nSPS) is 22.6. The number of carbonyl (C=O) groups excluding carboxylic acids is 1. The summed E-state index contributed by atoms with van der Waals surface area (Å²) in [7, 11) is 1.63. The second-order valence-corrected chi connectivity index (χ2v) is 5.61. The molecule has 0 radical (unpaired) electrons. The molecule has 0 bridgehead atoms. The van der Waals surface area contributed by atoms with E-state index in [2.05, 4.69) is 6.92 Å². The highest BCUT2D eigenvalue weighted by molar-refractivity contribution is 5.79. The predicted molar refractivity (Wildman–Crippen MR) is 75.1 cm³/mol. The van der Waals surface area contributed by atoms with Crippen LogP contribution in [0, 0.1) is 5.41 Å². The van der Waals surface area contributed by atoms with Gasteiger partial charge in [-0.1, -0.05) is 19.1 Å². The topological polar surface area (TPSA) is 55.6 Å². The van der Waals surface area contributed by atoms with Gasteiger partial charge in [0.2, 0.25) is 5.91 Å². The van der Waals surface area contributed by atoms with E-state index in [0.29, 0.717) is 13.0 Å². The maximum absolute atomic E-state index is 12.3. The Hall–Kier alpha value is -1.55. The second kappa shape index (κ2) is 5.61. The van der Waals surface area contributed by atoms with Gasteiger partial charge in [0.15, 0.2) is 0 Å². The Morgan fingerprint density at radius 1 is 1.53 bits per heavy atom. The van der Waals surface area contributed by atoms with Crippen LogP contribution in [0.4, 0.5) is 0 Å². The average Bonchev–Trinajstić information content (AvgIpc) is 2.82. The van der Waals surface area contributed by atoms with Crippen LogP contribution >= 0.6 is 0 Å². The summed E-state index contributed by atoms with van der Waals surface area (Å²) >= 11 is 0. The molecule has 1 aliphatic rings. The van der Waals surface area contributed by atoms with Gasteiger partial charge in [0.25, 0.3) is 0 Å². The molecule has 0 spiro atoms. The Morgan fingerprint density at radius 2 is 2.32 bits per heavy atom. The van der Waals surface area contributed by atoms with Crippen LogP contribution in [0.5, 0.6) is 5.75 Å². The number of likely N-dealkylation sites (tertiary alicyclic amines) is 1. The first-order valence-electron chi connectivity index (χ1n) is 6.67. The van der Waals surface area contributed by atoms with Crippen molar-refractivity contribution in [2.24, 2.45) is 11.1 Å². The number of hydrogen-bond acceptors (Lipinski definition) is 3. The number of nitrogens with two attached hydrogens (primary N) is 1. The Bertz CT molecular complexity index is 461. The van der Waals surface area contributed by atoms with E-state index in [1.165, 1.54) is 0 Å². The molecule has 4 heteroatoms. The van der Waals surface area contributed by atoms with Gasteiger partial charge in [-0.2, -0.15) is 0 Å². The quantitative estimate of drug-likeness (QED) is 0.893. The predicted octanol–water partition coefficient (Wildman–Crippen LogP) is 1.43. The number of benzene rings is 1. The van der Waals surface area contributed by atoms with Gasteiger partial charge in [-0.25, -0.2) is 0 Å². The van der Waals surface area contributed by atoms with Crippen molar-refractivity contribution in [2.45, 2.75) is 19.8 Å². The highest BCUT2D eigenvalue weighted by Gasteiger charge is 2.34. The van der Waals surface area contributed by atoms with E-state index in [1.807, 2.05) is 29.2 Å². The van der Waals surface area contributed by atoms with Crippen molar-refractivity contribution in [1.29, 1.82) is 0 Å². The molecule has 1 heterocycles. The van der Waals surface area contributed by atoms with E-state index in [0.717, 1.165) is 30.8 Å². The molecule has 1 aromatic carbocycles. The number of amides is 1. The lowest BCUT2D eigenvalue weighted by atomic mass is 9.90. The minimum Gasteiger partial charge on any atom is -0.497 e. The third kappa shape index (κ3) is 3.26. The van der Waals surface area contributed by atoms with E-state index < -0.39 is 0 Å². The number of rotatable bonds is 4. The van der Waals surface area contributed by atoms with Crippen LogP contribution in [0.1, 0.15) is 18.9 Å². The van der Waals surface area contributed by atoms with Crippen LogP contribution in [0.25, 0.3) is 0 Å². The summed E-state index contributed by atoms with van der Waals surface area (Å²) in [6, 6.07) is 7.67. The van der Waals surface area contributed by atoms with Crippen LogP contribution in [0.2, 0.25) is 0 Å². The number of nitrogens with zero attached hydrogens (tertiary/aromatic N) is 1. The smallest absolute Gasteiger partial charge is 0.227 e. The molecule has 0 aromatic heterocycles. The van der Waals surface area contributed by atoms with E-state index >= 15 is 0 Å². The van der Waals surface area contributed by atoms with Crippen LogP contribution in [-0.4, -0.2) is 37.6 Å². The highest BCUT2D eigenvalue weighted by atomic mass is 16.5. The summed E-state index contributed by atoms with van der Waals surface area (Å²) in [6.45, 7) is 4.37. The summed E-state index contributed by atoms with van der Waals surface area (Å²) in [6.07, 6.45) is 1.42. The molecule has 19 heavy (non-hydrogen) atoms. The maximum atomic E-state index is 12.3. The molecule has 1 atom stereocenters. The standard InChI is InChI=1S/C15H22N2O2/c1-15(10-16)6-7-17(11-15)14(18)9-12-4-3-5-13(8-12)19-2/h3-5,8H,6-7,9-11,16H2,1-2H3. The fourth-order valence-corrected chi connectivity index (χ4v) is 2.47. The zero-order chi connectivity index (χ0) is 13.9. The first-order valence-corrected chi connectivity index (χ1v) is 6.67. The van der Waals surface area contributed by atoms with Crippen LogP contribution in [0.15, 0.2) is 24.3 Å². The van der Waals surface area contributed by atoms with Gasteiger partial charge in [0.1, 0.15) is 5.75 Å². The monoisotopic (exact) mass is 262 g/mol. The maximum Gasteiger partial charge on any atom is 0.227 e. The van der Waals surface area contributed by atoms with Crippen molar-refractivity contribution in [3.05, 3.63) is 29.8 Å². The third-order valence-electron chi connectivity index (χ3n) is 3.89. The van der Waals surface area contributed by atoms with E-state index in [4.69, 9.17) is 10.5 Å². The first-order chi connectivity index (χ1) is 9.06. The largest absolute Gasteiger partial charge is 0.497 e. The van der Waals surface area contributed by atoms with Crippen molar-refractivity contribution in [1.82, 2.24) is 4.90 Å². The zero-order valence-corrected chi connectivity index (χ0v) is 11.7. The fourth-order valence-electron chi connectivity index (χ4n) is 2.47. The molecule has 2 rings (SSSR count). The molecule has 1 aromatic rings. The summed E-state index contributed by atoms with van der Waals surface area (Å²) in [5.74, 6) is 0.962. The van der Waals surface area contributed by atoms with Gasteiger partial charge in [-0.3, -0.25) is 4.79 Å². The zero-order valence-electron chi connectivity index (χ0n) is 11.7. The van der Waals surface area contributed by atoms with Gasteiger partial charge < -0.3 is 15.4 Å². The molecule has 2 N–H and O–H groups in total. The van der Waals surface area contributed by atoms with Crippen LogP contribution in [-0.2, 0) is 11.2 Å². The number of ether oxygens (including phenoxy) is 1. The van der Waals surface area contributed by atoms with E-state index in [1.54, 1.807) is 7.11 Å². The van der Waals surface area contributed by atoms with Crippen molar-refractivity contribution in [2.75, 3.05) is 26.7 Å². The molecule has 0 saturated carbocycles. The fraction of sp³-hybridized carbons (Fsp3) is 0.533. The highest BCUT2D eigenvalue weighted by Crippen LogP contribution is 2.28. The Balaban J connectivity index is 1.98. The summed E-state index contributed by atoms with van der Waals surface area (Å²) in [5.41, 5.74) is 6.85. The van der Waals surface area contributed by atoms with Gasteiger partial charge in [0, 0.05) is 13.1 Å². The molecular weight excluding hydrogens is 240 g/mol. The second-order valence-electron chi connectivity index (χ2n) is 5.61. The molecule has 4 nitrogen and oxygen atoms in total. The van der Waals surface area contributed by atoms with Crippen LogP contribution in [0.3, 0.4) is 0 Å². The molecule has 1 fully saturated rings. The van der Waals surface area contributed by atoms with Gasteiger partial charge in [-0.15, -0.1) is 0 Å². The Labute approximate surface area is 114 Å². The molecule has 104 valence electrons. The van der Waals surface area contributed by atoms with Crippen molar-refractivity contribution < 1.29 is 9.53 Å². The minimum absolute atomic E-state index is 0.0873. The molecule has 1 unspecified atom stereocenters. The number of hydrogen-bond donors (Lipinski definition) is 1. The number of methoxy groups -OCH3 is 1. The minimum atomic E-state index is 0.0873. The van der Waals surface area contributed by atoms with Crippen molar-refractivity contribution in [3.8, 4) is 5.75 Å². The van der Waals surface area contributed by atoms with Gasteiger partial charge in [0.05, 0.1) is 13.5 Å². The molecule has 0 aliphatic carbocycles. The van der Waals surface area contributed by atoms with Crippen molar-refractivity contribution >= 4 is 5.91 Å². The third-order valence-corrected chi connectivity index (χ3v) is 3.89. The van der Waals surface area contributed by atoms with Gasteiger partial charge in [-0.05, 0) is 36.1 Å². The molecule has 1 amide bonds. The summed E-state index contributed by atoms with van der Waals surface area (Å²) in [5, 5.41) is 0. The molecular formula is C15H22N2O2. The Kier molecular flexibility index (Phi) is 4.10. The lowest BCUT2D eigenvalue weighted by molar-refractivity contribution is -0.129. The van der Waals surface area contributed by atoms with Crippen LogP contribution < -0.4 is 10.5 Å². The molecule has 1 aliphatic heterocycles. The lowest BCUT2D eigenvalue weighted by Crippen LogP contribution is -2.35.